The Labute approximate surface area is 140 Å². The zero-order valence-corrected chi connectivity index (χ0v) is 14.9. The Balaban J connectivity index is 2.00. The van der Waals surface area contributed by atoms with Crippen LogP contribution in [-0.2, 0) is 6.54 Å². The summed E-state index contributed by atoms with van der Waals surface area (Å²) in [4.78, 5) is 2.04. The third-order valence-corrected chi connectivity index (χ3v) is 4.10. The zero-order chi connectivity index (χ0) is 15.4. The number of thiocarbonyl (C=S) groups is 1. The molecule has 0 saturated heterocycles. The molecular formula is C17H19BrN2S. The summed E-state index contributed by atoms with van der Waals surface area (Å²) in [5.74, 6) is 0. The van der Waals surface area contributed by atoms with E-state index < -0.39 is 0 Å². The molecule has 2 rings (SSSR count). The maximum atomic E-state index is 5.48. The molecule has 110 valence electrons. The average molecular weight is 363 g/mol. The van der Waals surface area contributed by atoms with Gasteiger partial charge in [0, 0.05) is 23.8 Å². The van der Waals surface area contributed by atoms with E-state index in [-0.39, 0.29) is 0 Å². The Kier molecular flexibility index (Phi) is 5.37. The molecule has 0 fully saturated rings. The first kappa shape index (κ1) is 16.0. The van der Waals surface area contributed by atoms with Crippen molar-refractivity contribution in [2.24, 2.45) is 0 Å². The van der Waals surface area contributed by atoms with Gasteiger partial charge < -0.3 is 10.2 Å². The second-order valence-electron chi connectivity index (χ2n) is 5.29. The lowest BCUT2D eigenvalue weighted by Gasteiger charge is -2.21. The fraction of sp³-hybridized carbons (Fsp3) is 0.235. The molecule has 0 unspecified atom stereocenters. The standard InChI is InChI=1S/C17H19BrN2S/c1-12-8-13(2)10-16(9-12)19-17(21)20(3)11-14-4-6-15(18)7-5-14/h4-10H,11H2,1-3H3,(H,19,21). The molecule has 2 aromatic rings. The molecule has 21 heavy (non-hydrogen) atoms. The van der Waals surface area contributed by atoms with Gasteiger partial charge in [-0.2, -0.15) is 0 Å². The van der Waals surface area contributed by atoms with Gasteiger partial charge in [-0.3, -0.25) is 0 Å². The first-order valence-electron chi connectivity index (χ1n) is 6.79. The molecule has 0 aliphatic rings. The first-order chi connectivity index (χ1) is 9.94. The molecule has 0 heterocycles. The van der Waals surface area contributed by atoms with E-state index >= 15 is 0 Å². The largest absolute Gasteiger partial charge is 0.348 e. The molecule has 2 aromatic carbocycles. The number of hydrogen-bond acceptors (Lipinski definition) is 1. The van der Waals surface area contributed by atoms with Crippen LogP contribution in [0, 0.1) is 13.8 Å². The molecule has 0 spiro atoms. The van der Waals surface area contributed by atoms with Gasteiger partial charge in [0.1, 0.15) is 0 Å². The van der Waals surface area contributed by atoms with Crippen molar-refractivity contribution in [3.05, 3.63) is 63.6 Å². The molecule has 2 nitrogen and oxygen atoms in total. The van der Waals surface area contributed by atoms with Gasteiger partial charge in [0.25, 0.3) is 0 Å². The van der Waals surface area contributed by atoms with Gasteiger partial charge in [-0.05, 0) is 67.0 Å². The number of halogens is 1. The smallest absolute Gasteiger partial charge is 0.173 e. The highest BCUT2D eigenvalue weighted by molar-refractivity contribution is 9.10. The number of nitrogens with one attached hydrogen (secondary N) is 1. The van der Waals surface area contributed by atoms with E-state index in [2.05, 4.69) is 65.4 Å². The van der Waals surface area contributed by atoms with E-state index in [0.717, 1.165) is 21.8 Å². The minimum absolute atomic E-state index is 0.725. The van der Waals surface area contributed by atoms with Crippen LogP contribution in [0.1, 0.15) is 16.7 Å². The number of aryl methyl sites for hydroxylation is 2. The Morgan fingerprint density at radius 1 is 1.10 bits per heavy atom. The third-order valence-electron chi connectivity index (χ3n) is 3.15. The molecule has 4 heteroatoms. The predicted octanol–water partition coefficient (Wildman–Crippen LogP) is 4.89. The van der Waals surface area contributed by atoms with Gasteiger partial charge in [-0.25, -0.2) is 0 Å². The summed E-state index contributed by atoms with van der Waals surface area (Å²) in [6.45, 7) is 4.96. The Morgan fingerprint density at radius 2 is 1.67 bits per heavy atom. The lowest BCUT2D eigenvalue weighted by molar-refractivity contribution is 0.508. The number of nitrogens with zero attached hydrogens (tertiary/aromatic N) is 1. The molecule has 0 saturated carbocycles. The van der Waals surface area contributed by atoms with Gasteiger partial charge in [0.05, 0.1) is 0 Å². The summed E-state index contributed by atoms with van der Waals surface area (Å²) in [6, 6.07) is 14.6. The Morgan fingerprint density at radius 3 is 2.24 bits per heavy atom. The van der Waals surface area contributed by atoms with E-state index in [1.165, 1.54) is 16.7 Å². The van der Waals surface area contributed by atoms with Crippen LogP contribution in [0.3, 0.4) is 0 Å². The third kappa shape index (κ3) is 4.83. The van der Waals surface area contributed by atoms with Crippen molar-refractivity contribution >= 4 is 38.9 Å². The van der Waals surface area contributed by atoms with Crippen molar-refractivity contribution in [1.29, 1.82) is 0 Å². The van der Waals surface area contributed by atoms with Gasteiger partial charge >= 0.3 is 0 Å². The lowest BCUT2D eigenvalue weighted by atomic mass is 10.1. The zero-order valence-electron chi connectivity index (χ0n) is 12.5. The van der Waals surface area contributed by atoms with Crippen molar-refractivity contribution in [1.82, 2.24) is 4.90 Å². The highest BCUT2D eigenvalue weighted by atomic mass is 79.9. The van der Waals surface area contributed by atoms with E-state index in [0.29, 0.717) is 0 Å². The molecule has 0 aromatic heterocycles. The topological polar surface area (TPSA) is 15.3 Å². The summed E-state index contributed by atoms with van der Waals surface area (Å²) < 4.78 is 1.09. The molecule has 0 aliphatic heterocycles. The maximum absolute atomic E-state index is 5.48. The molecular weight excluding hydrogens is 344 g/mol. The Hall–Kier alpha value is -1.39. The number of rotatable bonds is 3. The second-order valence-corrected chi connectivity index (χ2v) is 6.59. The normalized spacial score (nSPS) is 10.3. The predicted molar refractivity (Wildman–Crippen MR) is 97.7 cm³/mol. The molecule has 0 aliphatic carbocycles. The summed E-state index contributed by atoms with van der Waals surface area (Å²) in [6.07, 6.45) is 0. The number of benzene rings is 2. The van der Waals surface area contributed by atoms with Crippen LogP contribution >= 0.6 is 28.1 Å². The lowest BCUT2D eigenvalue weighted by Crippen LogP contribution is -2.30. The van der Waals surface area contributed by atoms with Crippen LogP contribution in [0.2, 0.25) is 0 Å². The van der Waals surface area contributed by atoms with Crippen LogP contribution in [0.15, 0.2) is 46.9 Å². The highest BCUT2D eigenvalue weighted by Gasteiger charge is 2.06. The van der Waals surface area contributed by atoms with E-state index in [9.17, 15) is 0 Å². The molecule has 0 radical (unpaired) electrons. The van der Waals surface area contributed by atoms with E-state index in [4.69, 9.17) is 12.2 Å². The Bertz CT molecular complexity index is 617. The van der Waals surface area contributed by atoms with Crippen LogP contribution in [0.25, 0.3) is 0 Å². The van der Waals surface area contributed by atoms with Gasteiger partial charge in [-0.15, -0.1) is 0 Å². The van der Waals surface area contributed by atoms with Crippen molar-refractivity contribution < 1.29 is 0 Å². The van der Waals surface area contributed by atoms with Crippen LogP contribution in [-0.4, -0.2) is 17.1 Å². The van der Waals surface area contributed by atoms with Gasteiger partial charge in [0.15, 0.2) is 5.11 Å². The van der Waals surface area contributed by atoms with Crippen molar-refractivity contribution in [2.75, 3.05) is 12.4 Å². The van der Waals surface area contributed by atoms with Gasteiger partial charge in [-0.1, -0.05) is 34.1 Å². The van der Waals surface area contributed by atoms with Crippen molar-refractivity contribution in [3.8, 4) is 0 Å². The van der Waals surface area contributed by atoms with Crippen LogP contribution < -0.4 is 5.32 Å². The van der Waals surface area contributed by atoms with Crippen molar-refractivity contribution in [3.63, 3.8) is 0 Å². The van der Waals surface area contributed by atoms with Gasteiger partial charge in [0.2, 0.25) is 0 Å². The summed E-state index contributed by atoms with van der Waals surface area (Å²) in [5.41, 5.74) is 4.73. The monoisotopic (exact) mass is 362 g/mol. The fourth-order valence-electron chi connectivity index (χ4n) is 2.20. The SMILES string of the molecule is Cc1cc(C)cc(NC(=S)N(C)Cc2ccc(Br)cc2)c1. The first-order valence-corrected chi connectivity index (χ1v) is 7.99. The quantitative estimate of drug-likeness (QED) is 0.782. The molecule has 0 bridgehead atoms. The van der Waals surface area contributed by atoms with E-state index in [1.807, 2.05) is 24.1 Å². The summed E-state index contributed by atoms with van der Waals surface area (Å²) in [5, 5.41) is 4.03. The number of hydrogen-bond donors (Lipinski definition) is 1. The minimum Gasteiger partial charge on any atom is -0.348 e. The van der Waals surface area contributed by atoms with Crippen LogP contribution in [0.5, 0.6) is 0 Å². The maximum Gasteiger partial charge on any atom is 0.173 e. The summed E-state index contributed by atoms with van der Waals surface area (Å²) >= 11 is 8.92. The fourth-order valence-corrected chi connectivity index (χ4v) is 2.65. The average Bonchev–Trinajstić information content (AvgIpc) is 2.40. The summed E-state index contributed by atoms with van der Waals surface area (Å²) in [7, 11) is 2.00. The molecule has 0 amide bonds. The number of anilines is 1. The van der Waals surface area contributed by atoms with Crippen LogP contribution in [0.4, 0.5) is 5.69 Å². The minimum atomic E-state index is 0.725. The molecule has 1 N–H and O–H groups in total. The van der Waals surface area contributed by atoms with Crippen molar-refractivity contribution in [2.45, 2.75) is 20.4 Å². The second kappa shape index (κ2) is 7.05. The highest BCUT2D eigenvalue weighted by Crippen LogP contribution is 2.15. The van der Waals surface area contributed by atoms with E-state index in [1.54, 1.807) is 0 Å². The molecule has 0 atom stereocenters.